The number of aromatic nitrogens is 1. The van der Waals surface area contributed by atoms with Gasteiger partial charge in [0, 0.05) is 73.0 Å². The average molecular weight is 666 g/mol. The molecule has 9 nitrogen and oxygen atoms in total. The van der Waals surface area contributed by atoms with Crippen molar-refractivity contribution in [3.8, 4) is 11.5 Å². The Balaban J connectivity index is 1.01. The standard InChI is InChI=1S/C38H43N5O4S/c1-46-28-11-12-31-30(24-28)29(13-16-39-31)33(44)25-41-17-14-27(15-18-41)40-38(45)37(36-23-26-7-3-6-10-35(26)48-36)43-21-19-42(20-22-43)32-8-4-5-9-34(32)47-2/h3-13,16,23-24,27,33,37,44H,14-15,17-22,25H2,1-2H3,(H,40,45)/t33-,37?/m0/s1. The molecule has 0 radical (unpaired) electrons. The number of fused-ring (bicyclic) bond motifs is 2. The molecule has 0 bridgehead atoms. The number of hydrogen-bond acceptors (Lipinski definition) is 9. The summed E-state index contributed by atoms with van der Waals surface area (Å²) >= 11 is 1.72. The molecule has 1 amide bonds. The number of methoxy groups -OCH3 is 2. The van der Waals surface area contributed by atoms with Crippen LogP contribution in [0.15, 0.2) is 85.1 Å². The van der Waals surface area contributed by atoms with E-state index in [1.165, 1.54) is 10.1 Å². The van der Waals surface area contributed by atoms with Gasteiger partial charge in [0.25, 0.3) is 0 Å². The summed E-state index contributed by atoms with van der Waals surface area (Å²) in [5.41, 5.74) is 2.78. The molecule has 0 spiro atoms. The van der Waals surface area contributed by atoms with Crippen LogP contribution < -0.4 is 19.7 Å². The number of piperazine rings is 1. The van der Waals surface area contributed by atoms with E-state index >= 15 is 0 Å². The van der Waals surface area contributed by atoms with Crippen LogP contribution in [-0.4, -0.2) is 91.9 Å². The number of hydrogen-bond donors (Lipinski definition) is 2. The van der Waals surface area contributed by atoms with Crippen molar-refractivity contribution < 1.29 is 19.4 Å². The van der Waals surface area contributed by atoms with Crippen LogP contribution in [0.3, 0.4) is 0 Å². The Kier molecular flexibility index (Phi) is 9.76. The number of pyridine rings is 1. The first-order valence-corrected chi connectivity index (χ1v) is 17.6. The highest BCUT2D eigenvalue weighted by molar-refractivity contribution is 7.19. The predicted molar refractivity (Wildman–Crippen MR) is 192 cm³/mol. The van der Waals surface area contributed by atoms with Crippen LogP contribution in [0.1, 0.15) is 35.4 Å². The van der Waals surface area contributed by atoms with E-state index in [2.05, 4.69) is 61.4 Å². The van der Waals surface area contributed by atoms with Crippen LogP contribution in [0.25, 0.3) is 21.0 Å². The lowest BCUT2D eigenvalue weighted by molar-refractivity contribution is -0.127. The second kappa shape index (κ2) is 14.5. The van der Waals surface area contributed by atoms with E-state index in [4.69, 9.17) is 9.47 Å². The first kappa shape index (κ1) is 32.3. The smallest absolute Gasteiger partial charge is 0.243 e. The van der Waals surface area contributed by atoms with Crippen LogP contribution >= 0.6 is 11.3 Å². The zero-order chi connectivity index (χ0) is 33.0. The number of carbonyl (C=O) groups is 1. The fourth-order valence-corrected chi connectivity index (χ4v) is 8.37. The number of benzene rings is 3. The second-order valence-corrected chi connectivity index (χ2v) is 13.8. The van der Waals surface area contributed by atoms with Gasteiger partial charge in [0.15, 0.2) is 0 Å². The molecule has 48 heavy (non-hydrogen) atoms. The number of nitrogens with one attached hydrogen (secondary N) is 1. The van der Waals surface area contributed by atoms with Gasteiger partial charge in [-0.1, -0.05) is 30.3 Å². The number of para-hydroxylation sites is 2. The van der Waals surface area contributed by atoms with Gasteiger partial charge in [-0.15, -0.1) is 11.3 Å². The Morgan fingerprint density at radius 2 is 1.71 bits per heavy atom. The fraction of sp³-hybridized carbons (Fsp3) is 0.368. The Hall–Kier alpha value is -4.22. The molecule has 2 atom stereocenters. The monoisotopic (exact) mass is 665 g/mol. The van der Waals surface area contributed by atoms with Crippen LogP contribution in [0.4, 0.5) is 5.69 Å². The van der Waals surface area contributed by atoms with Gasteiger partial charge < -0.3 is 29.7 Å². The molecule has 0 aliphatic carbocycles. The van der Waals surface area contributed by atoms with Crippen LogP contribution in [0, 0.1) is 0 Å². The van der Waals surface area contributed by atoms with Crippen molar-refractivity contribution in [3.63, 3.8) is 0 Å². The van der Waals surface area contributed by atoms with Crippen molar-refractivity contribution in [2.24, 2.45) is 0 Å². The average Bonchev–Trinajstić information content (AvgIpc) is 3.56. The molecule has 7 rings (SSSR count). The number of anilines is 1. The molecule has 250 valence electrons. The van der Waals surface area contributed by atoms with Gasteiger partial charge in [0.2, 0.25) is 5.91 Å². The number of ether oxygens (including phenoxy) is 2. The number of thiophene rings is 1. The highest BCUT2D eigenvalue weighted by Gasteiger charge is 2.34. The lowest BCUT2D eigenvalue weighted by Gasteiger charge is -2.40. The zero-order valence-corrected chi connectivity index (χ0v) is 28.4. The van der Waals surface area contributed by atoms with E-state index < -0.39 is 6.10 Å². The summed E-state index contributed by atoms with van der Waals surface area (Å²) in [6.45, 7) is 5.31. The summed E-state index contributed by atoms with van der Waals surface area (Å²) in [4.78, 5) is 26.7. The highest BCUT2D eigenvalue weighted by Crippen LogP contribution is 2.36. The quantitative estimate of drug-likeness (QED) is 0.198. The van der Waals surface area contributed by atoms with Crippen molar-refractivity contribution >= 4 is 43.9 Å². The Bertz CT molecular complexity index is 1830. The Labute approximate surface area is 285 Å². The van der Waals surface area contributed by atoms with Gasteiger partial charge in [-0.3, -0.25) is 14.7 Å². The molecule has 0 saturated carbocycles. The minimum absolute atomic E-state index is 0.0722. The maximum absolute atomic E-state index is 14.2. The van der Waals surface area contributed by atoms with E-state index in [-0.39, 0.29) is 18.0 Å². The predicted octanol–water partition coefficient (Wildman–Crippen LogP) is 5.64. The van der Waals surface area contributed by atoms with Gasteiger partial charge in [-0.2, -0.15) is 0 Å². The molecule has 10 heteroatoms. The van der Waals surface area contributed by atoms with E-state index in [9.17, 15) is 9.90 Å². The third-order valence-electron chi connectivity index (χ3n) is 9.77. The number of β-amino-alcohol motifs (C(OH)–C–C–N with tert-alkyl or cyclic N) is 1. The molecule has 3 aromatic carbocycles. The summed E-state index contributed by atoms with van der Waals surface area (Å²) < 4.78 is 12.2. The van der Waals surface area contributed by atoms with Crippen molar-refractivity contribution in [1.29, 1.82) is 0 Å². The molecule has 1 unspecified atom stereocenters. The number of carbonyl (C=O) groups excluding carboxylic acids is 1. The largest absolute Gasteiger partial charge is 0.497 e. The normalized spacial score (nSPS) is 17.8. The summed E-state index contributed by atoms with van der Waals surface area (Å²) in [6, 6.07) is 26.1. The van der Waals surface area contributed by atoms with Crippen LogP contribution in [0.2, 0.25) is 0 Å². The third kappa shape index (κ3) is 6.84. The molecule has 2 aromatic heterocycles. The number of piperidine rings is 1. The topological polar surface area (TPSA) is 90.4 Å². The van der Waals surface area contributed by atoms with E-state index in [1.807, 2.05) is 42.5 Å². The van der Waals surface area contributed by atoms with Crippen molar-refractivity contribution in [1.82, 2.24) is 20.1 Å². The Morgan fingerprint density at radius 3 is 2.48 bits per heavy atom. The minimum Gasteiger partial charge on any atom is -0.497 e. The maximum Gasteiger partial charge on any atom is 0.243 e. The van der Waals surface area contributed by atoms with E-state index in [1.54, 1.807) is 31.8 Å². The van der Waals surface area contributed by atoms with Gasteiger partial charge in [0.05, 0.1) is 31.5 Å². The molecule has 2 aliphatic heterocycles. The van der Waals surface area contributed by atoms with Gasteiger partial charge >= 0.3 is 0 Å². The number of rotatable bonds is 10. The summed E-state index contributed by atoms with van der Waals surface area (Å²) in [7, 11) is 3.36. The first-order valence-electron chi connectivity index (χ1n) is 16.7. The van der Waals surface area contributed by atoms with Crippen molar-refractivity contribution in [2.45, 2.75) is 31.0 Å². The SMILES string of the molecule is COc1ccc2nccc([C@@H](O)CN3CCC(NC(=O)C(c4cc5ccccc5s4)N4CCN(c5ccccc5OC)CC4)CC3)c2c1. The molecule has 4 heterocycles. The maximum atomic E-state index is 14.2. The lowest BCUT2D eigenvalue weighted by Crippen LogP contribution is -2.53. The molecule has 2 N–H and O–H groups in total. The highest BCUT2D eigenvalue weighted by atomic mass is 32.1. The first-order chi connectivity index (χ1) is 23.5. The summed E-state index contributed by atoms with van der Waals surface area (Å²) in [6.07, 6.45) is 2.77. The fourth-order valence-electron chi connectivity index (χ4n) is 7.17. The number of nitrogens with zero attached hydrogens (tertiary/aromatic N) is 4. The van der Waals surface area contributed by atoms with Gasteiger partial charge in [-0.05, 0) is 72.3 Å². The molecular formula is C38H43N5O4S. The van der Waals surface area contributed by atoms with E-state index in [0.29, 0.717) is 6.54 Å². The van der Waals surface area contributed by atoms with Gasteiger partial charge in [0.1, 0.15) is 17.5 Å². The molecule has 2 fully saturated rings. The third-order valence-corrected chi connectivity index (χ3v) is 10.9. The molecular weight excluding hydrogens is 623 g/mol. The number of aliphatic hydroxyl groups is 1. The lowest BCUT2D eigenvalue weighted by atomic mass is 10.0. The van der Waals surface area contributed by atoms with Crippen LogP contribution in [0.5, 0.6) is 11.5 Å². The van der Waals surface area contributed by atoms with Crippen molar-refractivity contribution in [2.75, 3.05) is 64.9 Å². The van der Waals surface area contributed by atoms with Gasteiger partial charge in [-0.25, -0.2) is 0 Å². The second-order valence-electron chi connectivity index (χ2n) is 12.7. The summed E-state index contributed by atoms with van der Waals surface area (Å²) in [5.74, 6) is 1.69. The minimum atomic E-state index is -0.652. The van der Waals surface area contributed by atoms with E-state index in [0.717, 1.165) is 90.6 Å². The number of likely N-dealkylation sites (tertiary alicyclic amines) is 1. The Morgan fingerprint density at radius 1 is 0.938 bits per heavy atom. The molecule has 5 aromatic rings. The number of amides is 1. The number of aliphatic hydroxyl groups excluding tert-OH is 1. The molecule has 2 aliphatic rings. The van der Waals surface area contributed by atoms with Crippen molar-refractivity contribution in [3.05, 3.63) is 95.5 Å². The summed E-state index contributed by atoms with van der Waals surface area (Å²) in [5, 5.41) is 16.8. The van der Waals surface area contributed by atoms with Crippen LogP contribution in [-0.2, 0) is 4.79 Å². The zero-order valence-electron chi connectivity index (χ0n) is 27.5. The molecule has 2 saturated heterocycles.